The van der Waals surface area contributed by atoms with Gasteiger partial charge >= 0.3 is 0 Å². The molecule has 0 spiro atoms. The van der Waals surface area contributed by atoms with Gasteiger partial charge in [-0.15, -0.1) is 0 Å². The normalized spacial score (nSPS) is 19.1. The Bertz CT molecular complexity index is 527. The minimum atomic E-state index is -3.31. The van der Waals surface area contributed by atoms with E-state index in [4.69, 9.17) is 15.2 Å². The van der Waals surface area contributed by atoms with E-state index in [1.54, 1.807) is 24.3 Å². The summed E-state index contributed by atoms with van der Waals surface area (Å²) in [6, 6.07) is 7.02. The van der Waals surface area contributed by atoms with Crippen LogP contribution in [0.2, 0.25) is 0 Å². The van der Waals surface area contributed by atoms with Crippen LogP contribution in [0.15, 0.2) is 24.3 Å². The van der Waals surface area contributed by atoms with Crippen LogP contribution in [-0.4, -0.2) is 40.0 Å². The van der Waals surface area contributed by atoms with Gasteiger partial charge in [-0.05, 0) is 25.0 Å². The Morgan fingerprint density at radius 2 is 2.30 bits per heavy atom. The lowest BCUT2D eigenvalue weighted by Crippen LogP contribution is -2.34. The first kappa shape index (κ1) is 15.1. The molecule has 1 atom stereocenters. The molecule has 1 aliphatic heterocycles. The Balaban J connectivity index is 1.69. The smallest absolute Gasteiger partial charge is 0.214 e. The number of ether oxygens (including phenoxy) is 2. The first-order valence-electron chi connectivity index (χ1n) is 6.62. The predicted octanol–water partition coefficient (Wildman–Crippen LogP) is 0.746. The van der Waals surface area contributed by atoms with Crippen molar-refractivity contribution >= 4 is 15.7 Å². The summed E-state index contributed by atoms with van der Waals surface area (Å²) in [6.07, 6.45) is 1.56. The molecule has 1 aromatic rings. The average Bonchev–Trinajstić information content (AvgIpc) is 2.87. The molecule has 1 fully saturated rings. The lowest BCUT2D eigenvalue weighted by atomic mass is 10.3. The van der Waals surface area contributed by atoms with Gasteiger partial charge in [0, 0.05) is 24.9 Å². The van der Waals surface area contributed by atoms with Gasteiger partial charge in [0.15, 0.2) is 0 Å². The summed E-state index contributed by atoms with van der Waals surface area (Å²) in [7, 11) is -3.31. The Kier molecular flexibility index (Phi) is 5.22. The minimum absolute atomic E-state index is 0.0191. The highest BCUT2D eigenvalue weighted by Gasteiger charge is 2.22. The van der Waals surface area contributed by atoms with Gasteiger partial charge in [0.2, 0.25) is 10.0 Å². The van der Waals surface area contributed by atoms with Gasteiger partial charge in [-0.3, -0.25) is 0 Å². The summed E-state index contributed by atoms with van der Waals surface area (Å²) in [6.45, 7) is 1.14. The van der Waals surface area contributed by atoms with Crippen LogP contribution in [-0.2, 0) is 14.8 Å². The topological polar surface area (TPSA) is 90.6 Å². The molecular formula is C13H20N2O4S. The predicted molar refractivity (Wildman–Crippen MR) is 77.1 cm³/mol. The maximum absolute atomic E-state index is 11.8. The average molecular weight is 300 g/mol. The molecule has 1 aromatic carbocycles. The third-order valence-electron chi connectivity index (χ3n) is 2.98. The van der Waals surface area contributed by atoms with Gasteiger partial charge in [0.1, 0.15) is 12.4 Å². The number of rotatable bonds is 7. The second-order valence-corrected chi connectivity index (χ2v) is 6.58. The maximum Gasteiger partial charge on any atom is 0.214 e. The highest BCUT2D eigenvalue weighted by atomic mass is 32.2. The number of nitrogen functional groups attached to an aromatic ring is 1. The Labute approximate surface area is 119 Å². The number of hydrogen-bond donors (Lipinski definition) is 2. The van der Waals surface area contributed by atoms with E-state index < -0.39 is 10.0 Å². The summed E-state index contributed by atoms with van der Waals surface area (Å²) in [5.41, 5.74) is 6.23. The molecule has 6 nitrogen and oxygen atoms in total. The van der Waals surface area contributed by atoms with Gasteiger partial charge in [0.05, 0.1) is 11.9 Å². The third kappa shape index (κ3) is 4.99. The van der Waals surface area contributed by atoms with E-state index in [1.165, 1.54) is 0 Å². The van der Waals surface area contributed by atoms with Crippen molar-refractivity contribution in [2.24, 2.45) is 0 Å². The standard InChI is InChI=1S/C13H20N2O4S/c14-11-3-1-4-12(9-11)19-8-6-15-20(16,17)10-13-5-2-7-18-13/h1,3-4,9,13,15H,2,5-8,10,14H2. The Morgan fingerprint density at radius 3 is 3.00 bits per heavy atom. The molecule has 0 saturated carbocycles. The summed E-state index contributed by atoms with van der Waals surface area (Å²) in [5, 5.41) is 0. The van der Waals surface area contributed by atoms with Gasteiger partial charge < -0.3 is 15.2 Å². The number of benzene rings is 1. The molecule has 1 saturated heterocycles. The molecule has 0 aromatic heterocycles. The van der Waals surface area contributed by atoms with E-state index in [0.29, 0.717) is 18.0 Å². The van der Waals surface area contributed by atoms with Crippen LogP contribution < -0.4 is 15.2 Å². The molecule has 3 N–H and O–H groups in total. The fraction of sp³-hybridized carbons (Fsp3) is 0.538. The summed E-state index contributed by atoms with van der Waals surface area (Å²) in [4.78, 5) is 0. The van der Waals surface area contributed by atoms with Crippen LogP contribution in [0, 0.1) is 0 Å². The molecule has 0 aliphatic carbocycles. The van der Waals surface area contributed by atoms with E-state index >= 15 is 0 Å². The zero-order valence-electron chi connectivity index (χ0n) is 11.2. The van der Waals surface area contributed by atoms with Crippen molar-refractivity contribution in [2.75, 3.05) is 31.2 Å². The van der Waals surface area contributed by atoms with Crippen molar-refractivity contribution in [3.8, 4) is 5.75 Å². The molecule has 1 aliphatic rings. The van der Waals surface area contributed by atoms with Crippen molar-refractivity contribution in [3.05, 3.63) is 24.3 Å². The zero-order chi connectivity index (χ0) is 14.4. The SMILES string of the molecule is Nc1cccc(OCCNS(=O)(=O)CC2CCCO2)c1. The minimum Gasteiger partial charge on any atom is -0.492 e. The van der Waals surface area contributed by atoms with Crippen LogP contribution >= 0.6 is 0 Å². The molecule has 0 radical (unpaired) electrons. The Morgan fingerprint density at radius 1 is 1.45 bits per heavy atom. The second kappa shape index (κ2) is 6.92. The van der Waals surface area contributed by atoms with Crippen LogP contribution in [0.25, 0.3) is 0 Å². The van der Waals surface area contributed by atoms with Crippen LogP contribution in [0.3, 0.4) is 0 Å². The lowest BCUT2D eigenvalue weighted by molar-refractivity contribution is 0.127. The van der Waals surface area contributed by atoms with Gasteiger partial charge in [0.25, 0.3) is 0 Å². The van der Waals surface area contributed by atoms with Crippen molar-refractivity contribution < 1.29 is 17.9 Å². The first-order valence-corrected chi connectivity index (χ1v) is 8.28. The van der Waals surface area contributed by atoms with Crippen molar-refractivity contribution in [1.29, 1.82) is 0 Å². The van der Waals surface area contributed by atoms with Gasteiger partial charge in [-0.1, -0.05) is 6.07 Å². The molecule has 0 bridgehead atoms. The third-order valence-corrected chi connectivity index (χ3v) is 4.43. The molecule has 0 amide bonds. The van der Waals surface area contributed by atoms with Crippen molar-refractivity contribution in [3.63, 3.8) is 0 Å². The van der Waals surface area contributed by atoms with E-state index in [2.05, 4.69) is 4.72 Å². The highest BCUT2D eigenvalue weighted by Crippen LogP contribution is 2.14. The number of hydrogen-bond acceptors (Lipinski definition) is 5. The molecule has 1 heterocycles. The number of anilines is 1. The molecular weight excluding hydrogens is 280 g/mol. The fourth-order valence-electron chi connectivity index (χ4n) is 2.05. The highest BCUT2D eigenvalue weighted by molar-refractivity contribution is 7.89. The van der Waals surface area contributed by atoms with Gasteiger partial charge in [-0.25, -0.2) is 13.1 Å². The molecule has 7 heteroatoms. The summed E-state index contributed by atoms with van der Waals surface area (Å²) in [5.74, 6) is 0.647. The van der Waals surface area contributed by atoms with Crippen LogP contribution in [0.1, 0.15) is 12.8 Å². The number of sulfonamides is 1. The quantitative estimate of drug-likeness (QED) is 0.573. The number of nitrogens with one attached hydrogen (secondary N) is 1. The Hall–Kier alpha value is -1.31. The van der Waals surface area contributed by atoms with E-state index in [1.807, 2.05) is 0 Å². The summed E-state index contributed by atoms with van der Waals surface area (Å²) >= 11 is 0. The van der Waals surface area contributed by atoms with Gasteiger partial charge in [-0.2, -0.15) is 0 Å². The molecule has 2 rings (SSSR count). The van der Waals surface area contributed by atoms with E-state index in [0.717, 1.165) is 12.8 Å². The maximum atomic E-state index is 11.8. The fourth-order valence-corrected chi connectivity index (χ4v) is 3.31. The van der Waals surface area contributed by atoms with Crippen molar-refractivity contribution in [2.45, 2.75) is 18.9 Å². The first-order chi connectivity index (χ1) is 9.55. The monoisotopic (exact) mass is 300 g/mol. The summed E-state index contributed by atoms with van der Waals surface area (Å²) < 4.78 is 36.8. The van der Waals surface area contributed by atoms with Crippen LogP contribution in [0.5, 0.6) is 5.75 Å². The lowest BCUT2D eigenvalue weighted by Gasteiger charge is -2.12. The zero-order valence-corrected chi connectivity index (χ0v) is 12.1. The molecule has 20 heavy (non-hydrogen) atoms. The largest absolute Gasteiger partial charge is 0.492 e. The van der Waals surface area contributed by atoms with E-state index in [-0.39, 0.29) is 25.0 Å². The van der Waals surface area contributed by atoms with Crippen molar-refractivity contribution in [1.82, 2.24) is 4.72 Å². The molecule has 1 unspecified atom stereocenters. The van der Waals surface area contributed by atoms with Crippen LogP contribution in [0.4, 0.5) is 5.69 Å². The molecule has 112 valence electrons. The van der Waals surface area contributed by atoms with E-state index in [9.17, 15) is 8.42 Å². The second-order valence-electron chi connectivity index (χ2n) is 4.73. The number of nitrogens with two attached hydrogens (primary N) is 1.